The number of aliphatic hydroxyl groups excluding tert-OH is 1. The smallest absolute Gasteiger partial charge is 0.394 e. The Hall–Kier alpha value is 0.790. The van der Waals surface area contributed by atoms with Crippen LogP contribution in [0.3, 0.4) is 0 Å². The molecule has 0 heterocycles. The lowest BCUT2D eigenvalue weighted by Gasteiger charge is -2.19. The minimum Gasteiger partial charge on any atom is -0.394 e. The van der Waals surface area contributed by atoms with E-state index in [1.807, 2.05) is 0 Å². The summed E-state index contributed by atoms with van der Waals surface area (Å²) in [4.78, 5) is 26.5. The van der Waals surface area contributed by atoms with E-state index in [2.05, 4.69) is 29.5 Å². The monoisotopic (exact) mass is 332 g/mol. The summed E-state index contributed by atoms with van der Waals surface area (Å²) >= 11 is 3.99. The van der Waals surface area contributed by atoms with Crippen LogP contribution < -0.4 is 0 Å². The van der Waals surface area contributed by atoms with E-state index in [9.17, 15) is 9.13 Å². The fourth-order valence-corrected chi connectivity index (χ4v) is 4.73. The van der Waals surface area contributed by atoms with Crippen LogP contribution in [0.2, 0.25) is 0 Å². The Morgan fingerprint density at radius 3 is 2.06 bits per heavy atom. The molecule has 10 nitrogen and oxygen atoms in total. The van der Waals surface area contributed by atoms with Gasteiger partial charge in [-0.05, 0) is 11.8 Å². The van der Waals surface area contributed by atoms with Crippen molar-refractivity contribution in [2.24, 2.45) is 0 Å². The van der Waals surface area contributed by atoms with Crippen LogP contribution in [0.4, 0.5) is 0 Å². The van der Waals surface area contributed by atoms with Gasteiger partial charge in [0.25, 0.3) is 0 Å². The number of hydrogen-bond donors (Lipinski definition) is 4. The second kappa shape index (κ2) is 6.81. The minimum absolute atomic E-state index is 0.579. The fraction of sp³-hybridized carbons (Fsp3) is 1.00. The highest BCUT2D eigenvalue weighted by Gasteiger charge is 2.40. The van der Waals surface area contributed by atoms with Gasteiger partial charge in [-0.15, -0.1) is 0 Å². The minimum atomic E-state index is -4.86. The van der Waals surface area contributed by atoms with Crippen LogP contribution in [0.5, 0.6) is 0 Å². The van der Waals surface area contributed by atoms with Crippen LogP contribution in [0.25, 0.3) is 0 Å². The molecule has 4 N–H and O–H groups in total. The van der Waals surface area contributed by atoms with E-state index in [1.165, 1.54) is 0 Å². The SMILES string of the molecule is COP(=O)(OP(=O)(O)OCCO)OP(O)(O)=S. The normalized spacial score (nSPS) is 19.6. The molecule has 2 unspecified atom stereocenters. The molecule has 17 heavy (non-hydrogen) atoms. The molecule has 0 aliphatic heterocycles. The van der Waals surface area contributed by atoms with Crippen molar-refractivity contribution < 1.29 is 46.6 Å². The summed E-state index contributed by atoms with van der Waals surface area (Å²) in [6, 6.07) is 0. The summed E-state index contributed by atoms with van der Waals surface area (Å²) < 4.78 is 38.8. The van der Waals surface area contributed by atoms with Gasteiger partial charge in [0.1, 0.15) is 0 Å². The van der Waals surface area contributed by atoms with E-state index in [0.29, 0.717) is 0 Å². The maximum atomic E-state index is 11.5. The average molecular weight is 332 g/mol. The maximum absolute atomic E-state index is 11.5. The van der Waals surface area contributed by atoms with Crippen LogP contribution in [-0.2, 0) is 38.6 Å². The van der Waals surface area contributed by atoms with Gasteiger partial charge in [-0.3, -0.25) is 9.05 Å². The van der Waals surface area contributed by atoms with Gasteiger partial charge >= 0.3 is 22.4 Å². The van der Waals surface area contributed by atoms with E-state index in [0.717, 1.165) is 7.11 Å². The molecule has 0 radical (unpaired) electrons. The lowest BCUT2D eigenvalue weighted by atomic mass is 10.8. The van der Waals surface area contributed by atoms with Gasteiger partial charge < -0.3 is 19.8 Å². The average Bonchev–Trinajstić information content (AvgIpc) is 2.11. The first-order chi connectivity index (χ1) is 7.54. The van der Waals surface area contributed by atoms with Crippen LogP contribution in [0, 0.1) is 0 Å². The van der Waals surface area contributed by atoms with Gasteiger partial charge in [0.05, 0.1) is 13.2 Å². The van der Waals surface area contributed by atoms with Crippen molar-refractivity contribution >= 4 is 34.2 Å². The first-order valence-electron chi connectivity index (χ1n) is 3.76. The molecule has 104 valence electrons. The van der Waals surface area contributed by atoms with Gasteiger partial charge in [0, 0.05) is 7.11 Å². The second-order valence-corrected chi connectivity index (χ2v) is 8.48. The number of phosphoric acid groups is 2. The van der Waals surface area contributed by atoms with Crippen molar-refractivity contribution in [1.82, 2.24) is 0 Å². The highest BCUT2D eigenvalue weighted by Crippen LogP contribution is 2.68. The van der Waals surface area contributed by atoms with Gasteiger partial charge in [-0.2, -0.15) is 4.31 Å². The Balaban J connectivity index is 4.74. The second-order valence-electron chi connectivity index (χ2n) is 2.31. The highest BCUT2D eigenvalue weighted by atomic mass is 32.5. The molecule has 0 aliphatic carbocycles. The molecule has 0 saturated carbocycles. The van der Waals surface area contributed by atoms with E-state index in [1.54, 1.807) is 0 Å². The highest BCUT2D eigenvalue weighted by molar-refractivity contribution is 8.08. The molecule has 0 rings (SSSR count). The summed E-state index contributed by atoms with van der Waals surface area (Å²) in [7, 11) is -8.85. The van der Waals surface area contributed by atoms with Crippen LogP contribution in [-0.4, -0.2) is 40.1 Å². The lowest BCUT2D eigenvalue weighted by Crippen LogP contribution is -2.01. The summed E-state index contributed by atoms with van der Waals surface area (Å²) in [5.41, 5.74) is 0. The quantitative estimate of drug-likeness (QED) is 0.447. The van der Waals surface area contributed by atoms with Crippen molar-refractivity contribution in [2.75, 3.05) is 20.3 Å². The molecule has 14 heteroatoms. The van der Waals surface area contributed by atoms with Gasteiger partial charge in [0.2, 0.25) is 0 Å². The molecule has 0 aromatic carbocycles. The first kappa shape index (κ1) is 17.8. The predicted octanol–water partition coefficient (Wildman–Crippen LogP) is 0.0925. The Kier molecular flexibility index (Phi) is 7.13. The molecule has 0 amide bonds. The summed E-state index contributed by atoms with van der Waals surface area (Å²) in [6.45, 7) is -5.61. The van der Waals surface area contributed by atoms with Crippen molar-refractivity contribution in [2.45, 2.75) is 0 Å². The van der Waals surface area contributed by atoms with Crippen LogP contribution in [0.15, 0.2) is 0 Å². The number of hydrogen-bond acceptors (Lipinski definition) is 8. The molecule has 0 aromatic rings. The van der Waals surface area contributed by atoms with E-state index in [4.69, 9.17) is 19.8 Å². The Morgan fingerprint density at radius 1 is 1.18 bits per heavy atom. The zero-order valence-electron chi connectivity index (χ0n) is 8.40. The zero-order valence-corrected chi connectivity index (χ0v) is 11.9. The topological polar surface area (TPSA) is 152 Å². The molecule has 0 bridgehead atoms. The molecule has 0 saturated heterocycles. The third-order valence-corrected chi connectivity index (χ3v) is 5.81. The molecular weight excluding hydrogens is 321 g/mol. The van der Waals surface area contributed by atoms with Crippen molar-refractivity contribution in [1.29, 1.82) is 0 Å². The van der Waals surface area contributed by atoms with Gasteiger partial charge in [-0.25, -0.2) is 13.4 Å². The molecule has 0 fully saturated rings. The van der Waals surface area contributed by atoms with Crippen molar-refractivity contribution in [3.63, 3.8) is 0 Å². The van der Waals surface area contributed by atoms with Crippen LogP contribution >= 0.6 is 22.4 Å². The predicted molar refractivity (Wildman–Crippen MR) is 58.4 cm³/mol. The molecule has 0 spiro atoms. The van der Waals surface area contributed by atoms with Crippen LogP contribution in [0.1, 0.15) is 0 Å². The number of aliphatic hydroxyl groups is 1. The Bertz CT molecular complexity index is 375. The Morgan fingerprint density at radius 2 is 1.71 bits per heavy atom. The molecule has 2 atom stereocenters. The van der Waals surface area contributed by atoms with Gasteiger partial charge in [0.15, 0.2) is 0 Å². The van der Waals surface area contributed by atoms with E-state index < -0.39 is 35.6 Å². The van der Waals surface area contributed by atoms with Gasteiger partial charge in [-0.1, -0.05) is 0 Å². The zero-order chi connectivity index (χ0) is 13.7. The molecule has 0 aliphatic rings. The van der Waals surface area contributed by atoms with E-state index in [-0.39, 0.29) is 0 Å². The summed E-state index contributed by atoms with van der Waals surface area (Å²) in [5, 5.41) is 8.34. The lowest BCUT2D eigenvalue weighted by molar-refractivity contribution is 0.140. The largest absolute Gasteiger partial charge is 0.490 e. The third kappa shape index (κ3) is 8.50. The molecular formula is C3H11O10P3S. The summed E-state index contributed by atoms with van der Waals surface area (Å²) in [6.07, 6.45) is 0. The number of rotatable bonds is 8. The fourth-order valence-electron chi connectivity index (χ4n) is 0.518. The standard InChI is InChI=1S/C3H11O10P3S/c1-10-16(9,13-15(7,8)17)12-14(5,6)11-3-2-4/h4H,2-3H2,1H3,(H,5,6)(H2,7,8,17). The maximum Gasteiger partial charge on any atom is 0.490 e. The van der Waals surface area contributed by atoms with Crippen molar-refractivity contribution in [3.05, 3.63) is 0 Å². The first-order valence-corrected chi connectivity index (χ1v) is 9.34. The molecule has 0 aromatic heterocycles. The third-order valence-electron chi connectivity index (χ3n) is 0.979. The number of phosphoric ester groups is 1. The summed E-state index contributed by atoms with van der Waals surface area (Å²) in [5.74, 6) is 0. The van der Waals surface area contributed by atoms with Crippen molar-refractivity contribution in [3.8, 4) is 0 Å². The Labute approximate surface area is 102 Å². The van der Waals surface area contributed by atoms with E-state index >= 15 is 0 Å².